The molecule has 2 saturated heterocycles. The molecule has 0 radical (unpaired) electrons. The van der Waals surface area contributed by atoms with E-state index >= 15 is 0 Å². The lowest BCUT2D eigenvalue weighted by atomic mass is 9.78. The molecule has 3 fully saturated rings. The molecular weight excluding hydrogens is 328 g/mol. The second-order valence-corrected chi connectivity index (χ2v) is 7.26. The van der Waals surface area contributed by atoms with E-state index in [2.05, 4.69) is 10.6 Å². The standard InChI is InChI=1S/C16H30N2O6.CH4/c1-5-15(20)7-8(2)22-14-16(15,21)24-13-10(23-14)6-9(17-3)12(19)11(13)18-4;/h8-14,17-21H,5-7H2,1-4H3;1H4/t8-,9?,10?,11?,12?,13?,14?,15?,16?;/m1./s1. The van der Waals surface area contributed by atoms with Crippen LogP contribution in [0.25, 0.3) is 0 Å². The molecule has 8 unspecified atom stereocenters. The van der Waals surface area contributed by atoms with Gasteiger partial charge in [-0.05, 0) is 33.9 Å². The fourth-order valence-corrected chi connectivity index (χ4v) is 4.35. The molecule has 0 aromatic carbocycles. The quantitative estimate of drug-likeness (QED) is 0.449. The number of aliphatic hydroxyl groups is 3. The van der Waals surface area contributed by atoms with E-state index in [-0.39, 0.29) is 32.1 Å². The second-order valence-electron chi connectivity index (χ2n) is 7.26. The zero-order chi connectivity index (χ0) is 17.7. The molecule has 0 spiro atoms. The van der Waals surface area contributed by atoms with E-state index in [1.54, 1.807) is 21.0 Å². The number of likely N-dealkylation sites (N-methyl/N-ethyl adjacent to an activating group) is 2. The average molecular weight is 362 g/mol. The van der Waals surface area contributed by atoms with E-state index < -0.39 is 35.9 Å². The van der Waals surface area contributed by atoms with Crippen LogP contribution in [0, 0.1) is 0 Å². The van der Waals surface area contributed by atoms with Gasteiger partial charge < -0.3 is 40.2 Å². The Kier molecular flexibility index (Phi) is 6.18. The molecule has 0 aromatic heterocycles. The summed E-state index contributed by atoms with van der Waals surface area (Å²) in [6.07, 6.45) is -1.89. The Morgan fingerprint density at radius 3 is 2.40 bits per heavy atom. The first-order valence-corrected chi connectivity index (χ1v) is 8.75. The van der Waals surface area contributed by atoms with Gasteiger partial charge in [0, 0.05) is 12.5 Å². The number of rotatable bonds is 3. The summed E-state index contributed by atoms with van der Waals surface area (Å²) in [6, 6.07) is -0.601. The van der Waals surface area contributed by atoms with Gasteiger partial charge in [-0.15, -0.1) is 0 Å². The van der Waals surface area contributed by atoms with Gasteiger partial charge in [0.05, 0.1) is 24.4 Å². The van der Waals surface area contributed by atoms with Crippen molar-refractivity contribution in [2.24, 2.45) is 0 Å². The molecule has 0 bridgehead atoms. The summed E-state index contributed by atoms with van der Waals surface area (Å²) in [5.41, 5.74) is -1.47. The minimum Gasteiger partial charge on any atom is -0.390 e. The number of ether oxygens (including phenoxy) is 3. The minimum absolute atomic E-state index is 0. The van der Waals surface area contributed by atoms with Gasteiger partial charge in [0.25, 0.3) is 0 Å². The van der Waals surface area contributed by atoms with Crippen LogP contribution in [0.3, 0.4) is 0 Å². The van der Waals surface area contributed by atoms with Crippen LogP contribution in [0.2, 0.25) is 0 Å². The first-order valence-electron chi connectivity index (χ1n) is 8.75. The molecule has 3 aliphatic rings. The largest absolute Gasteiger partial charge is 0.390 e. The first-order chi connectivity index (χ1) is 11.3. The zero-order valence-electron chi connectivity index (χ0n) is 14.7. The lowest BCUT2D eigenvalue weighted by Gasteiger charge is -2.59. The normalized spacial score (nSPS) is 52.7. The third-order valence-electron chi connectivity index (χ3n) is 5.86. The maximum absolute atomic E-state index is 11.1. The summed E-state index contributed by atoms with van der Waals surface area (Å²) in [7, 11) is 3.52. The Morgan fingerprint density at radius 2 is 1.84 bits per heavy atom. The first kappa shape index (κ1) is 21.0. The smallest absolute Gasteiger partial charge is 0.248 e. The molecule has 3 rings (SSSR count). The zero-order valence-corrected chi connectivity index (χ0v) is 14.7. The molecule has 1 aliphatic carbocycles. The summed E-state index contributed by atoms with van der Waals surface area (Å²) in [5.74, 6) is -1.96. The number of fused-ring (bicyclic) bond motifs is 2. The van der Waals surface area contributed by atoms with Gasteiger partial charge in [0.15, 0.2) is 0 Å². The number of hydrogen-bond donors (Lipinski definition) is 5. The molecule has 0 aromatic rings. The number of nitrogens with one attached hydrogen (secondary N) is 2. The van der Waals surface area contributed by atoms with Crippen LogP contribution < -0.4 is 10.6 Å². The van der Waals surface area contributed by atoms with Gasteiger partial charge in [-0.2, -0.15) is 0 Å². The van der Waals surface area contributed by atoms with E-state index in [0.717, 1.165) is 0 Å². The van der Waals surface area contributed by atoms with E-state index in [4.69, 9.17) is 14.2 Å². The van der Waals surface area contributed by atoms with Crippen molar-refractivity contribution in [3.8, 4) is 0 Å². The third kappa shape index (κ3) is 3.12. The predicted octanol–water partition coefficient (Wildman–Crippen LogP) is -0.688. The van der Waals surface area contributed by atoms with Crippen LogP contribution in [0.4, 0.5) is 0 Å². The molecule has 5 N–H and O–H groups in total. The Hall–Kier alpha value is -0.320. The van der Waals surface area contributed by atoms with Crippen LogP contribution >= 0.6 is 0 Å². The molecule has 148 valence electrons. The molecule has 9 atom stereocenters. The Morgan fingerprint density at radius 1 is 1.16 bits per heavy atom. The molecule has 8 heteroatoms. The van der Waals surface area contributed by atoms with Crippen molar-refractivity contribution in [2.75, 3.05) is 14.1 Å². The Bertz CT molecular complexity index is 468. The Balaban J connectivity index is 0.00000225. The highest BCUT2D eigenvalue weighted by Gasteiger charge is 2.66. The van der Waals surface area contributed by atoms with Crippen molar-refractivity contribution in [3.63, 3.8) is 0 Å². The van der Waals surface area contributed by atoms with E-state index in [0.29, 0.717) is 12.8 Å². The van der Waals surface area contributed by atoms with Crippen molar-refractivity contribution in [3.05, 3.63) is 0 Å². The maximum Gasteiger partial charge on any atom is 0.248 e. The fraction of sp³-hybridized carbons (Fsp3) is 1.00. The minimum atomic E-state index is -1.96. The van der Waals surface area contributed by atoms with E-state index in [1.165, 1.54) is 0 Å². The molecular formula is C17H34N2O6. The number of aliphatic hydroxyl groups excluding tert-OH is 1. The van der Waals surface area contributed by atoms with Crippen molar-refractivity contribution in [1.82, 2.24) is 10.6 Å². The molecule has 2 aliphatic heterocycles. The predicted molar refractivity (Wildman–Crippen MR) is 91.9 cm³/mol. The highest BCUT2D eigenvalue weighted by Crippen LogP contribution is 2.47. The van der Waals surface area contributed by atoms with Crippen LogP contribution in [0.5, 0.6) is 0 Å². The van der Waals surface area contributed by atoms with Gasteiger partial charge >= 0.3 is 0 Å². The summed E-state index contributed by atoms with van der Waals surface area (Å²) in [6.45, 7) is 3.64. The summed E-state index contributed by atoms with van der Waals surface area (Å²) in [4.78, 5) is 0. The van der Waals surface area contributed by atoms with Crippen LogP contribution in [0.15, 0.2) is 0 Å². The van der Waals surface area contributed by atoms with Gasteiger partial charge in [-0.25, -0.2) is 0 Å². The SMILES string of the molecule is C.CCC1(O)C[C@@H](C)OC2OC3CC(NC)C(O)C(NC)C3OC21O. The Labute approximate surface area is 149 Å². The molecule has 2 heterocycles. The molecule has 8 nitrogen and oxygen atoms in total. The number of hydrogen-bond acceptors (Lipinski definition) is 8. The van der Waals surface area contributed by atoms with Gasteiger partial charge in [0.2, 0.25) is 12.1 Å². The molecule has 25 heavy (non-hydrogen) atoms. The van der Waals surface area contributed by atoms with Gasteiger partial charge in [0.1, 0.15) is 11.7 Å². The van der Waals surface area contributed by atoms with Crippen LogP contribution in [0.1, 0.15) is 40.5 Å². The van der Waals surface area contributed by atoms with Gasteiger partial charge in [-0.1, -0.05) is 14.4 Å². The molecule has 0 amide bonds. The van der Waals surface area contributed by atoms with Gasteiger partial charge in [-0.3, -0.25) is 0 Å². The monoisotopic (exact) mass is 362 g/mol. The highest BCUT2D eigenvalue weighted by atomic mass is 16.8. The summed E-state index contributed by atoms with van der Waals surface area (Å²) >= 11 is 0. The maximum atomic E-state index is 11.1. The lowest BCUT2D eigenvalue weighted by Crippen LogP contribution is -2.77. The van der Waals surface area contributed by atoms with E-state index in [9.17, 15) is 15.3 Å². The topological polar surface area (TPSA) is 112 Å². The lowest BCUT2D eigenvalue weighted by molar-refractivity contribution is -0.478. The van der Waals surface area contributed by atoms with Crippen molar-refractivity contribution < 1.29 is 29.5 Å². The van der Waals surface area contributed by atoms with E-state index in [1.807, 2.05) is 6.92 Å². The van der Waals surface area contributed by atoms with Crippen LogP contribution in [-0.2, 0) is 14.2 Å². The molecule has 1 saturated carbocycles. The summed E-state index contributed by atoms with van der Waals surface area (Å²) < 4.78 is 17.8. The van der Waals surface area contributed by atoms with Crippen LogP contribution in [-0.4, -0.2) is 83.6 Å². The second kappa shape index (κ2) is 7.36. The third-order valence-corrected chi connectivity index (χ3v) is 5.86. The van der Waals surface area contributed by atoms with Crippen molar-refractivity contribution in [2.45, 2.75) is 94.7 Å². The van der Waals surface area contributed by atoms with Crippen molar-refractivity contribution >= 4 is 0 Å². The highest BCUT2D eigenvalue weighted by molar-refractivity contribution is 5.08. The fourth-order valence-electron chi connectivity index (χ4n) is 4.35. The van der Waals surface area contributed by atoms with Crippen molar-refractivity contribution in [1.29, 1.82) is 0 Å². The summed E-state index contributed by atoms with van der Waals surface area (Å²) in [5, 5.41) is 38.8. The average Bonchev–Trinajstić information content (AvgIpc) is 2.54.